The average molecular weight is 469 g/mol. The van der Waals surface area contributed by atoms with E-state index in [1.165, 1.54) is 11.3 Å². The molecule has 7 heteroatoms. The van der Waals surface area contributed by atoms with E-state index >= 15 is 0 Å². The van der Waals surface area contributed by atoms with Crippen LogP contribution in [0.2, 0.25) is 0 Å². The predicted molar refractivity (Wildman–Crippen MR) is 139 cm³/mol. The van der Waals surface area contributed by atoms with Crippen molar-refractivity contribution in [3.05, 3.63) is 59.8 Å². The minimum atomic E-state index is -0.127. The van der Waals surface area contributed by atoms with Crippen molar-refractivity contribution in [3.63, 3.8) is 0 Å². The Morgan fingerprint density at radius 2 is 2.06 bits per heavy atom. The Balaban J connectivity index is 1.26. The van der Waals surface area contributed by atoms with Gasteiger partial charge in [-0.3, -0.25) is 9.88 Å². The molecule has 0 spiro atoms. The number of pyridine rings is 1. The van der Waals surface area contributed by atoms with Crippen molar-refractivity contribution >= 4 is 22.3 Å². The predicted octanol–water partition coefficient (Wildman–Crippen LogP) is 3.51. The van der Waals surface area contributed by atoms with Crippen molar-refractivity contribution in [3.8, 4) is 11.8 Å². The van der Waals surface area contributed by atoms with E-state index in [9.17, 15) is 5.26 Å². The fourth-order valence-electron chi connectivity index (χ4n) is 5.96. The summed E-state index contributed by atoms with van der Waals surface area (Å²) in [6.45, 7) is 9.62. The van der Waals surface area contributed by atoms with Crippen LogP contribution in [-0.2, 0) is 6.54 Å². The van der Waals surface area contributed by atoms with Gasteiger partial charge in [-0.1, -0.05) is 6.07 Å². The molecule has 2 fully saturated rings. The highest BCUT2D eigenvalue weighted by Gasteiger charge is 2.36. The number of fused-ring (bicyclic) bond motifs is 3. The summed E-state index contributed by atoms with van der Waals surface area (Å²) < 4.78 is 6.45. The summed E-state index contributed by atoms with van der Waals surface area (Å²) in [4.78, 5) is 11.9. The molecule has 2 N–H and O–H groups in total. The number of nitrogens with zero attached hydrogens (tertiary/aromatic N) is 5. The van der Waals surface area contributed by atoms with Crippen molar-refractivity contribution in [2.24, 2.45) is 5.73 Å². The Labute approximate surface area is 206 Å². The number of hydrogen-bond acceptors (Lipinski definition) is 7. The Morgan fingerprint density at radius 1 is 1.17 bits per heavy atom. The largest absolute Gasteiger partial charge is 0.491 e. The van der Waals surface area contributed by atoms with Gasteiger partial charge in [0, 0.05) is 78.9 Å². The second kappa shape index (κ2) is 8.40. The van der Waals surface area contributed by atoms with E-state index in [2.05, 4.69) is 69.9 Å². The molecule has 180 valence electrons. The molecule has 3 aliphatic rings. The van der Waals surface area contributed by atoms with Gasteiger partial charge in [0.05, 0.1) is 17.1 Å². The topological polar surface area (TPSA) is 81.7 Å². The van der Waals surface area contributed by atoms with Crippen LogP contribution >= 0.6 is 0 Å². The van der Waals surface area contributed by atoms with Gasteiger partial charge in [0.15, 0.2) is 0 Å². The van der Waals surface area contributed by atoms with Crippen LogP contribution < -0.4 is 20.3 Å². The van der Waals surface area contributed by atoms with Crippen LogP contribution in [0.3, 0.4) is 0 Å². The van der Waals surface area contributed by atoms with Crippen molar-refractivity contribution < 1.29 is 4.74 Å². The molecule has 0 amide bonds. The number of benzene rings is 2. The molecule has 3 atom stereocenters. The van der Waals surface area contributed by atoms with E-state index < -0.39 is 0 Å². The molecule has 2 unspecified atom stereocenters. The quantitative estimate of drug-likeness (QED) is 0.616. The molecular weight excluding hydrogens is 436 g/mol. The number of ether oxygens (including phenoxy) is 1. The van der Waals surface area contributed by atoms with Crippen LogP contribution in [0.4, 0.5) is 11.4 Å². The average Bonchev–Trinajstić information content (AvgIpc) is 3.12. The molecule has 1 aromatic heterocycles. The Kier molecular flexibility index (Phi) is 5.32. The highest BCUT2D eigenvalue weighted by Crippen LogP contribution is 2.36. The van der Waals surface area contributed by atoms with Gasteiger partial charge in [0.1, 0.15) is 18.4 Å². The number of rotatable bonds is 2. The van der Waals surface area contributed by atoms with Crippen LogP contribution in [-0.4, -0.2) is 60.3 Å². The first kappa shape index (κ1) is 22.1. The molecule has 3 aromatic rings. The maximum absolute atomic E-state index is 9.53. The molecule has 2 aromatic carbocycles. The van der Waals surface area contributed by atoms with Crippen LogP contribution in [0.15, 0.2) is 48.7 Å². The van der Waals surface area contributed by atoms with Crippen molar-refractivity contribution in [1.82, 2.24) is 9.88 Å². The summed E-state index contributed by atoms with van der Waals surface area (Å²) in [5.41, 5.74) is 11.2. The van der Waals surface area contributed by atoms with E-state index in [1.54, 1.807) is 6.20 Å². The number of hydrogen-bond donors (Lipinski definition) is 1. The smallest absolute Gasteiger partial charge is 0.125 e. The lowest BCUT2D eigenvalue weighted by molar-refractivity contribution is 0.0892. The third-order valence-corrected chi connectivity index (χ3v) is 7.86. The fourth-order valence-corrected chi connectivity index (χ4v) is 5.96. The third-order valence-electron chi connectivity index (χ3n) is 7.86. The fraction of sp³-hybridized carbons (Fsp3) is 0.429. The van der Waals surface area contributed by atoms with Crippen molar-refractivity contribution in [1.29, 1.82) is 5.26 Å². The van der Waals surface area contributed by atoms with Crippen LogP contribution in [0.1, 0.15) is 31.4 Å². The van der Waals surface area contributed by atoms with Crippen LogP contribution in [0, 0.1) is 11.3 Å². The molecular formula is C28H32N6O. The van der Waals surface area contributed by atoms with Gasteiger partial charge in [-0.25, -0.2) is 0 Å². The maximum Gasteiger partial charge on any atom is 0.125 e. The summed E-state index contributed by atoms with van der Waals surface area (Å²) in [6, 6.07) is 17.6. The Hall–Kier alpha value is -3.34. The summed E-state index contributed by atoms with van der Waals surface area (Å²) in [5, 5.41) is 10.6. The van der Waals surface area contributed by atoms with E-state index in [-0.39, 0.29) is 11.6 Å². The lowest BCUT2D eigenvalue weighted by Gasteiger charge is -2.45. The van der Waals surface area contributed by atoms with E-state index in [0.29, 0.717) is 18.2 Å². The summed E-state index contributed by atoms with van der Waals surface area (Å²) in [7, 11) is 0. The molecule has 0 aliphatic carbocycles. The number of aromatic nitrogens is 1. The van der Waals surface area contributed by atoms with Gasteiger partial charge in [-0.2, -0.15) is 5.26 Å². The zero-order chi connectivity index (χ0) is 24.2. The molecule has 3 aliphatic heterocycles. The van der Waals surface area contributed by atoms with E-state index in [0.717, 1.165) is 61.5 Å². The summed E-state index contributed by atoms with van der Waals surface area (Å²) >= 11 is 0. The van der Waals surface area contributed by atoms with Gasteiger partial charge in [-0.15, -0.1) is 0 Å². The van der Waals surface area contributed by atoms with Gasteiger partial charge in [0.2, 0.25) is 0 Å². The van der Waals surface area contributed by atoms with Crippen LogP contribution in [0.5, 0.6) is 5.75 Å². The molecule has 0 bridgehead atoms. The molecule has 4 heterocycles. The van der Waals surface area contributed by atoms with Gasteiger partial charge >= 0.3 is 0 Å². The van der Waals surface area contributed by atoms with E-state index in [1.807, 2.05) is 12.1 Å². The molecule has 2 saturated heterocycles. The lowest BCUT2D eigenvalue weighted by atomic mass is 10.0. The first-order valence-electron chi connectivity index (χ1n) is 12.5. The van der Waals surface area contributed by atoms with E-state index in [4.69, 9.17) is 10.5 Å². The van der Waals surface area contributed by atoms with Crippen molar-refractivity contribution in [2.75, 3.05) is 42.6 Å². The second-order valence-corrected chi connectivity index (χ2v) is 10.7. The molecule has 0 radical (unpaired) electrons. The number of piperazine rings is 1. The SMILES string of the molecule is CC1CN(c2ccc(C#N)c3ncccc23)CC2COc3cc(N4CC[C@](C)(N)C4)ccc3CN12. The number of nitriles is 1. The number of nitrogens with two attached hydrogens (primary N) is 1. The molecule has 6 rings (SSSR count). The van der Waals surface area contributed by atoms with Gasteiger partial charge in [0.25, 0.3) is 0 Å². The lowest BCUT2D eigenvalue weighted by Crippen LogP contribution is -2.58. The molecule has 0 saturated carbocycles. The monoisotopic (exact) mass is 468 g/mol. The minimum absolute atomic E-state index is 0.127. The molecule has 7 nitrogen and oxygen atoms in total. The van der Waals surface area contributed by atoms with Crippen LogP contribution in [0.25, 0.3) is 10.9 Å². The number of anilines is 2. The van der Waals surface area contributed by atoms with Gasteiger partial charge in [-0.05, 0) is 50.6 Å². The first-order valence-corrected chi connectivity index (χ1v) is 12.5. The Bertz CT molecular complexity index is 1310. The highest BCUT2D eigenvalue weighted by molar-refractivity contribution is 5.95. The first-order chi connectivity index (χ1) is 16.9. The third kappa shape index (κ3) is 3.97. The van der Waals surface area contributed by atoms with Gasteiger partial charge < -0.3 is 20.3 Å². The molecule has 35 heavy (non-hydrogen) atoms. The Morgan fingerprint density at radius 3 is 2.86 bits per heavy atom. The summed E-state index contributed by atoms with van der Waals surface area (Å²) in [6.07, 6.45) is 2.77. The highest BCUT2D eigenvalue weighted by atomic mass is 16.5. The maximum atomic E-state index is 9.53. The second-order valence-electron chi connectivity index (χ2n) is 10.7. The standard InChI is InChI=1S/C28H32N6O/c1-19-14-33(25-8-6-20(13-29)27-24(25)4-3-10-31-27)16-23-17-35-26-12-22(7-5-21(26)15-34(19)23)32-11-9-28(2,30)18-32/h3-8,10,12,19,23H,9,11,14-18,30H2,1-2H3/t19?,23?,28-/m0/s1. The summed E-state index contributed by atoms with van der Waals surface area (Å²) in [5.74, 6) is 0.995. The van der Waals surface area contributed by atoms with Crippen molar-refractivity contribution in [2.45, 2.75) is 44.4 Å². The minimum Gasteiger partial charge on any atom is -0.491 e. The zero-order valence-corrected chi connectivity index (χ0v) is 20.4. The normalized spacial score (nSPS) is 26.6. The zero-order valence-electron chi connectivity index (χ0n) is 20.4.